The van der Waals surface area contributed by atoms with Gasteiger partial charge in [0.15, 0.2) is 5.96 Å². The average molecular weight is 252 g/mol. The van der Waals surface area contributed by atoms with E-state index in [0.29, 0.717) is 38.7 Å². The summed E-state index contributed by atoms with van der Waals surface area (Å²) in [5.74, 6) is 0.443. The van der Waals surface area contributed by atoms with Crippen molar-refractivity contribution >= 4 is 5.96 Å². The van der Waals surface area contributed by atoms with Gasteiger partial charge in [0, 0.05) is 32.7 Å². The van der Waals surface area contributed by atoms with Crippen molar-refractivity contribution in [3.8, 4) is 0 Å². The molecule has 0 bridgehead atoms. The molecule has 100 valence electrons. The largest absolute Gasteiger partial charge is 0.401 e. The van der Waals surface area contributed by atoms with E-state index in [4.69, 9.17) is 5.73 Å². The van der Waals surface area contributed by atoms with Crippen molar-refractivity contribution in [3.05, 3.63) is 0 Å². The summed E-state index contributed by atoms with van der Waals surface area (Å²) < 4.78 is 36.5. The van der Waals surface area contributed by atoms with Gasteiger partial charge in [-0.1, -0.05) is 6.92 Å². The number of piperazine rings is 1. The smallest absolute Gasteiger partial charge is 0.370 e. The molecule has 1 fully saturated rings. The lowest BCUT2D eigenvalue weighted by Gasteiger charge is -2.35. The minimum Gasteiger partial charge on any atom is -0.370 e. The van der Waals surface area contributed by atoms with E-state index in [0.717, 1.165) is 6.42 Å². The average Bonchev–Trinajstić information content (AvgIpc) is 2.24. The molecular weight excluding hydrogens is 233 g/mol. The molecule has 1 heterocycles. The maximum absolute atomic E-state index is 12.2. The second-order valence-electron chi connectivity index (χ2n) is 4.12. The predicted molar refractivity (Wildman–Crippen MR) is 60.8 cm³/mol. The molecule has 0 saturated carbocycles. The van der Waals surface area contributed by atoms with Crippen LogP contribution in [0.4, 0.5) is 13.2 Å². The molecule has 0 atom stereocenters. The lowest BCUT2D eigenvalue weighted by atomic mass is 10.3. The van der Waals surface area contributed by atoms with Crippen LogP contribution in [0.5, 0.6) is 0 Å². The molecule has 1 aliphatic rings. The van der Waals surface area contributed by atoms with Crippen LogP contribution in [0.3, 0.4) is 0 Å². The summed E-state index contributed by atoms with van der Waals surface area (Å²) >= 11 is 0. The van der Waals surface area contributed by atoms with Gasteiger partial charge in [-0.15, -0.1) is 0 Å². The van der Waals surface area contributed by atoms with E-state index in [1.807, 2.05) is 11.8 Å². The number of guanidine groups is 1. The third-order valence-corrected chi connectivity index (χ3v) is 2.60. The van der Waals surface area contributed by atoms with Gasteiger partial charge >= 0.3 is 6.18 Å². The first kappa shape index (κ1) is 14.1. The van der Waals surface area contributed by atoms with E-state index >= 15 is 0 Å². The molecule has 4 nitrogen and oxygen atoms in total. The number of hydrogen-bond donors (Lipinski definition) is 1. The zero-order valence-electron chi connectivity index (χ0n) is 10.0. The molecule has 1 rings (SSSR count). The van der Waals surface area contributed by atoms with Gasteiger partial charge in [-0.2, -0.15) is 13.2 Å². The Morgan fingerprint density at radius 3 is 2.29 bits per heavy atom. The number of hydrogen-bond acceptors (Lipinski definition) is 2. The summed E-state index contributed by atoms with van der Waals surface area (Å²) in [7, 11) is 0. The van der Waals surface area contributed by atoms with Crippen LogP contribution in [0.15, 0.2) is 4.99 Å². The van der Waals surface area contributed by atoms with Crippen molar-refractivity contribution in [1.82, 2.24) is 9.80 Å². The van der Waals surface area contributed by atoms with Gasteiger partial charge in [0.1, 0.15) is 0 Å². The van der Waals surface area contributed by atoms with Crippen LogP contribution < -0.4 is 5.73 Å². The maximum atomic E-state index is 12.2. The molecule has 0 amide bonds. The number of rotatable bonds is 3. The monoisotopic (exact) mass is 252 g/mol. The van der Waals surface area contributed by atoms with E-state index < -0.39 is 12.7 Å². The first-order valence-electron chi connectivity index (χ1n) is 5.76. The lowest BCUT2D eigenvalue weighted by molar-refractivity contribution is -0.148. The number of nitrogens with two attached hydrogens (primary N) is 1. The van der Waals surface area contributed by atoms with Crippen molar-refractivity contribution in [2.75, 3.05) is 39.3 Å². The molecule has 0 aromatic rings. The van der Waals surface area contributed by atoms with Gasteiger partial charge in [-0.3, -0.25) is 9.89 Å². The Bertz CT molecular complexity index is 257. The number of aliphatic imine (C=N–C) groups is 1. The molecule has 0 radical (unpaired) electrons. The number of alkyl halides is 3. The maximum Gasteiger partial charge on any atom is 0.401 e. The van der Waals surface area contributed by atoms with E-state index in [-0.39, 0.29) is 0 Å². The molecule has 0 aromatic heterocycles. The summed E-state index contributed by atoms with van der Waals surface area (Å²) in [6.07, 6.45) is -3.21. The molecule has 0 aromatic carbocycles. The van der Waals surface area contributed by atoms with Gasteiger partial charge in [0.2, 0.25) is 0 Å². The molecule has 0 unspecified atom stereocenters. The molecule has 0 spiro atoms. The van der Waals surface area contributed by atoms with Crippen LogP contribution in [-0.2, 0) is 0 Å². The minimum atomic E-state index is -4.12. The SMILES string of the molecule is CCCN=C(N)N1CCN(CC(F)(F)F)CC1. The van der Waals surface area contributed by atoms with Gasteiger partial charge in [-0.25, -0.2) is 0 Å². The Morgan fingerprint density at radius 2 is 1.82 bits per heavy atom. The third kappa shape index (κ3) is 5.25. The second kappa shape index (κ2) is 6.09. The van der Waals surface area contributed by atoms with Crippen molar-refractivity contribution in [2.45, 2.75) is 19.5 Å². The lowest BCUT2D eigenvalue weighted by Crippen LogP contribution is -2.52. The summed E-state index contributed by atoms with van der Waals surface area (Å²) in [5, 5.41) is 0. The fourth-order valence-electron chi connectivity index (χ4n) is 1.71. The summed E-state index contributed by atoms with van der Waals surface area (Å²) in [6, 6.07) is 0. The van der Waals surface area contributed by atoms with Crippen molar-refractivity contribution in [3.63, 3.8) is 0 Å². The van der Waals surface area contributed by atoms with E-state index in [1.54, 1.807) is 0 Å². The molecular formula is C10H19F3N4. The minimum absolute atomic E-state index is 0.377. The summed E-state index contributed by atoms with van der Waals surface area (Å²) in [4.78, 5) is 7.37. The van der Waals surface area contributed by atoms with Crippen LogP contribution in [0.1, 0.15) is 13.3 Å². The molecule has 7 heteroatoms. The summed E-state index contributed by atoms with van der Waals surface area (Å²) in [5.41, 5.74) is 5.74. The zero-order valence-corrected chi connectivity index (χ0v) is 10.0. The first-order valence-corrected chi connectivity index (χ1v) is 5.76. The van der Waals surface area contributed by atoms with Crippen molar-refractivity contribution in [1.29, 1.82) is 0 Å². The number of nitrogens with zero attached hydrogens (tertiary/aromatic N) is 3. The Labute approximate surface area is 99.3 Å². The quantitative estimate of drug-likeness (QED) is 0.599. The molecule has 17 heavy (non-hydrogen) atoms. The Balaban J connectivity index is 2.35. The Kier molecular flexibility index (Phi) is 5.04. The first-order chi connectivity index (χ1) is 7.92. The Hall–Kier alpha value is -0.980. The van der Waals surface area contributed by atoms with Gasteiger partial charge in [0.25, 0.3) is 0 Å². The van der Waals surface area contributed by atoms with E-state index in [2.05, 4.69) is 4.99 Å². The zero-order chi connectivity index (χ0) is 12.9. The van der Waals surface area contributed by atoms with E-state index in [1.165, 1.54) is 4.90 Å². The Morgan fingerprint density at radius 1 is 1.24 bits per heavy atom. The highest BCUT2D eigenvalue weighted by atomic mass is 19.4. The highest BCUT2D eigenvalue weighted by molar-refractivity contribution is 5.78. The van der Waals surface area contributed by atoms with Crippen LogP contribution in [0.2, 0.25) is 0 Å². The molecule has 0 aliphatic carbocycles. The molecule has 1 aliphatic heterocycles. The number of halogens is 3. The van der Waals surface area contributed by atoms with Crippen molar-refractivity contribution < 1.29 is 13.2 Å². The highest BCUT2D eigenvalue weighted by Crippen LogP contribution is 2.17. The highest BCUT2D eigenvalue weighted by Gasteiger charge is 2.32. The van der Waals surface area contributed by atoms with Gasteiger partial charge in [0.05, 0.1) is 6.54 Å². The second-order valence-corrected chi connectivity index (χ2v) is 4.12. The van der Waals surface area contributed by atoms with Crippen LogP contribution in [0.25, 0.3) is 0 Å². The third-order valence-electron chi connectivity index (χ3n) is 2.60. The molecule has 2 N–H and O–H groups in total. The molecule has 1 saturated heterocycles. The fraction of sp³-hybridized carbons (Fsp3) is 0.900. The van der Waals surface area contributed by atoms with Gasteiger partial charge < -0.3 is 10.6 Å². The van der Waals surface area contributed by atoms with E-state index in [9.17, 15) is 13.2 Å². The van der Waals surface area contributed by atoms with Crippen LogP contribution in [-0.4, -0.2) is 61.2 Å². The fourth-order valence-corrected chi connectivity index (χ4v) is 1.71. The topological polar surface area (TPSA) is 44.9 Å². The predicted octanol–water partition coefficient (Wildman–Crippen LogP) is 0.891. The standard InChI is InChI=1S/C10H19F3N4/c1-2-3-15-9(14)17-6-4-16(5-7-17)8-10(11,12)13/h2-8H2,1H3,(H2,14,15). The van der Waals surface area contributed by atoms with Crippen LogP contribution >= 0.6 is 0 Å². The summed E-state index contributed by atoms with van der Waals surface area (Å²) in [6.45, 7) is 3.59. The van der Waals surface area contributed by atoms with Crippen LogP contribution in [0, 0.1) is 0 Å². The van der Waals surface area contributed by atoms with Crippen molar-refractivity contribution in [2.24, 2.45) is 10.7 Å². The van der Waals surface area contributed by atoms with Gasteiger partial charge in [-0.05, 0) is 6.42 Å². The normalized spacial score (nSPS) is 19.8.